The molecule has 0 spiro atoms. The van der Waals surface area contributed by atoms with Gasteiger partial charge >= 0.3 is 0 Å². The fraction of sp³-hybridized carbons (Fsp3) is 0.296. The number of nitrogens with zero attached hydrogens (tertiary/aromatic N) is 2. The third kappa shape index (κ3) is 4.15. The maximum atomic E-state index is 6.74. The van der Waals surface area contributed by atoms with Crippen molar-refractivity contribution in [3.63, 3.8) is 0 Å². The van der Waals surface area contributed by atoms with Crippen molar-refractivity contribution in [2.24, 2.45) is 10.9 Å². The molecule has 5 rings (SSSR count). The third-order valence-corrected chi connectivity index (χ3v) is 6.80. The monoisotopic (exact) mass is 414 g/mol. The number of rotatable bonds is 4. The van der Waals surface area contributed by atoms with Gasteiger partial charge in [-0.15, -0.1) is 0 Å². The highest BCUT2D eigenvalue weighted by molar-refractivity contribution is 6.34. The summed E-state index contributed by atoms with van der Waals surface area (Å²) < 4.78 is 0. The summed E-state index contributed by atoms with van der Waals surface area (Å²) in [6, 6.07) is 25.8. The minimum absolute atomic E-state index is 0.773. The summed E-state index contributed by atoms with van der Waals surface area (Å²) in [5.74, 6) is 0.773. The van der Waals surface area contributed by atoms with Crippen molar-refractivity contribution in [3.8, 4) is 0 Å². The van der Waals surface area contributed by atoms with Crippen LogP contribution < -0.4 is 4.90 Å². The van der Waals surface area contributed by atoms with Crippen LogP contribution in [0, 0.1) is 5.92 Å². The molecule has 1 fully saturated rings. The molecule has 0 amide bonds. The minimum atomic E-state index is 0.773. The Balaban J connectivity index is 1.26. The maximum absolute atomic E-state index is 6.74. The Morgan fingerprint density at radius 1 is 0.867 bits per heavy atom. The van der Waals surface area contributed by atoms with Gasteiger partial charge in [0.2, 0.25) is 0 Å². The van der Waals surface area contributed by atoms with Crippen molar-refractivity contribution >= 4 is 28.7 Å². The lowest BCUT2D eigenvalue weighted by molar-refractivity contribution is 0.404. The van der Waals surface area contributed by atoms with Crippen LogP contribution in [0.5, 0.6) is 0 Å². The Hall–Kier alpha value is -2.58. The van der Waals surface area contributed by atoms with Crippen LogP contribution in [-0.2, 0) is 12.8 Å². The van der Waals surface area contributed by atoms with Gasteiger partial charge in [-0.3, -0.25) is 4.99 Å². The number of anilines is 1. The van der Waals surface area contributed by atoms with Gasteiger partial charge in [-0.2, -0.15) is 0 Å². The predicted octanol–water partition coefficient (Wildman–Crippen LogP) is 6.87. The molecule has 2 heterocycles. The molecule has 2 nitrogen and oxygen atoms in total. The second-order valence-electron chi connectivity index (χ2n) is 8.47. The molecule has 30 heavy (non-hydrogen) atoms. The number of halogens is 1. The van der Waals surface area contributed by atoms with E-state index in [2.05, 4.69) is 77.7 Å². The number of para-hydroxylation sites is 1. The molecule has 3 aromatic rings. The first-order valence-corrected chi connectivity index (χ1v) is 11.4. The van der Waals surface area contributed by atoms with Crippen LogP contribution in [-0.4, -0.2) is 18.8 Å². The lowest BCUT2D eigenvalue weighted by Gasteiger charge is -2.34. The molecule has 0 saturated carbocycles. The number of piperidine rings is 1. The van der Waals surface area contributed by atoms with Crippen LogP contribution >= 0.6 is 11.6 Å². The molecule has 1 saturated heterocycles. The summed E-state index contributed by atoms with van der Waals surface area (Å²) in [4.78, 5) is 7.37. The van der Waals surface area contributed by atoms with Crippen LogP contribution in [0.25, 0.3) is 0 Å². The van der Waals surface area contributed by atoms with Crippen molar-refractivity contribution in [2.45, 2.75) is 32.1 Å². The lowest BCUT2D eigenvalue weighted by Crippen LogP contribution is -2.34. The van der Waals surface area contributed by atoms with Crippen LogP contribution in [0.4, 0.5) is 11.4 Å². The molecule has 0 aliphatic carbocycles. The second-order valence-corrected chi connectivity index (χ2v) is 8.88. The van der Waals surface area contributed by atoms with E-state index in [4.69, 9.17) is 16.6 Å². The molecule has 0 aromatic heterocycles. The van der Waals surface area contributed by atoms with Crippen LogP contribution in [0.15, 0.2) is 77.8 Å². The fourth-order valence-electron chi connectivity index (χ4n) is 4.76. The standard InChI is InChI=1S/C27H27ClN2/c28-25-19-23(30-16-14-21(15-17-30)18-20-6-2-1-3-7-20)11-12-24(25)27-13-10-22-8-4-5-9-26(22)29-27/h1-9,11-12,19,21H,10,13-18H2. The molecule has 0 N–H and O–H groups in total. The Bertz CT molecular complexity index is 1050. The normalized spacial score (nSPS) is 16.8. The first-order chi connectivity index (χ1) is 14.8. The van der Waals surface area contributed by atoms with Crippen molar-refractivity contribution in [1.82, 2.24) is 0 Å². The van der Waals surface area contributed by atoms with Crippen molar-refractivity contribution in [1.29, 1.82) is 0 Å². The Kier molecular flexibility index (Phi) is 5.59. The van der Waals surface area contributed by atoms with Gasteiger partial charge in [-0.05, 0) is 73.4 Å². The summed E-state index contributed by atoms with van der Waals surface area (Å²) in [5, 5.41) is 0.817. The number of fused-ring (bicyclic) bond motifs is 1. The summed E-state index contributed by atoms with van der Waals surface area (Å²) in [7, 11) is 0. The van der Waals surface area contributed by atoms with E-state index in [9.17, 15) is 0 Å². The van der Waals surface area contributed by atoms with Crippen LogP contribution in [0.3, 0.4) is 0 Å². The van der Waals surface area contributed by atoms with E-state index in [-0.39, 0.29) is 0 Å². The summed E-state index contributed by atoms with van der Waals surface area (Å²) in [5.41, 5.74) is 7.28. The van der Waals surface area contributed by atoms with E-state index in [1.165, 1.54) is 36.1 Å². The van der Waals surface area contributed by atoms with Gasteiger partial charge in [0.1, 0.15) is 0 Å². The van der Waals surface area contributed by atoms with E-state index in [1.807, 2.05) is 0 Å². The highest BCUT2D eigenvalue weighted by Gasteiger charge is 2.21. The van der Waals surface area contributed by atoms with E-state index in [1.54, 1.807) is 0 Å². The molecule has 0 unspecified atom stereocenters. The zero-order valence-corrected chi connectivity index (χ0v) is 18.0. The van der Waals surface area contributed by atoms with Gasteiger partial charge in [-0.25, -0.2) is 0 Å². The first kappa shape index (κ1) is 19.4. The predicted molar refractivity (Wildman–Crippen MR) is 127 cm³/mol. The number of aryl methyl sites for hydroxylation is 1. The number of hydrogen-bond donors (Lipinski definition) is 0. The lowest BCUT2D eigenvalue weighted by atomic mass is 9.90. The molecule has 0 radical (unpaired) electrons. The molecule has 3 heteroatoms. The highest BCUT2D eigenvalue weighted by Crippen LogP contribution is 2.33. The average Bonchev–Trinajstić information content (AvgIpc) is 2.80. The fourth-order valence-corrected chi connectivity index (χ4v) is 5.04. The zero-order valence-electron chi connectivity index (χ0n) is 17.2. The molecular weight excluding hydrogens is 388 g/mol. The van der Waals surface area contributed by atoms with Gasteiger partial charge in [0.25, 0.3) is 0 Å². The Morgan fingerprint density at radius 3 is 2.43 bits per heavy atom. The van der Waals surface area contributed by atoms with Crippen molar-refractivity contribution in [3.05, 3.63) is 94.5 Å². The largest absolute Gasteiger partial charge is 0.371 e. The molecule has 2 aliphatic rings. The molecule has 0 bridgehead atoms. The molecule has 0 atom stereocenters. The number of aliphatic imine (C=N–C) groups is 1. The maximum Gasteiger partial charge on any atom is 0.0665 e. The zero-order chi connectivity index (χ0) is 20.3. The molecule has 152 valence electrons. The summed E-state index contributed by atoms with van der Waals surface area (Å²) in [6.45, 7) is 2.20. The number of benzene rings is 3. The third-order valence-electron chi connectivity index (χ3n) is 6.49. The van der Waals surface area contributed by atoms with Gasteiger partial charge in [0, 0.05) is 24.3 Å². The van der Waals surface area contributed by atoms with E-state index in [0.717, 1.165) is 53.8 Å². The van der Waals surface area contributed by atoms with Gasteiger partial charge < -0.3 is 4.90 Å². The average molecular weight is 415 g/mol. The van der Waals surface area contributed by atoms with E-state index >= 15 is 0 Å². The Morgan fingerprint density at radius 2 is 1.63 bits per heavy atom. The highest BCUT2D eigenvalue weighted by atomic mass is 35.5. The summed E-state index contributed by atoms with van der Waals surface area (Å²) in [6.07, 6.45) is 5.63. The first-order valence-electron chi connectivity index (χ1n) is 11.0. The SMILES string of the molecule is Clc1cc(N2CCC(Cc3ccccc3)CC2)ccc1C1=Nc2ccccc2CC1. The van der Waals surface area contributed by atoms with Crippen molar-refractivity contribution in [2.75, 3.05) is 18.0 Å². The molecule has 3 aromatic carbocycles. The minimum Gasteiger partial charge on any atom is -0.371 e. The Labute approximate surface area is 184 Å². The quantitative estimate of drug-likeness (QED) is 0.455. The second kappa shape index (κ2) is 8.65. The number of hydrogen-bond acceptors (Lipinski definition) is 2. The van der Waals surface area contributed by atoms with Gasteiger partial charge in [0.15, 0.2) is 0 Å². The molecular formula is C27H27ClN2. The smallest absolute Gasteiger partial charge is 0.0665 e. The topological polar surface area (TPSA) is 15.6 Å². The molecule has 2 aliphatic heterocycles. The van der Waals surface area contributed by atoms with Crippen LogP contribution in [0.2, 0.25) is 5.02 Å². The van der Waals surface area contributed by atoms with Gasteiger partial charge in [0.05, 0.1) is 16.4 Å². The van der Waals surface area contributed by atoms with Crippen molar-refractivity contribution < 1.29 is 0 Å². The van der Waals surface area contributed by atoms with Gasteiger partial charge in [-0.1, -0.05) is 60.1 Å². The summed E-state index contributed by atoms with van der Waals surface area (Å²) >= 11 is 6.74. The van der Waals surface area contributed by atoms with E-state index in [0.29, 0.717) is 0 Å². The van der Waals surface area contributed by atoms with E-state index < -0.39 is 0 Å². The van der Waals surface area contributed by atoms with Crippen LogP contribution in [0.1, 0.15) is 36.0 Å².